The van der Waals surface area contributed by atoms with Crippen molar-refractivity contribution in [3.8, 4) is 16.1 Å². The number of rotatable bonds is 5. The standard InChI is InChI=1S/C23H20N4O3S2/c1-13-8-6-7-11-17(13)27-21(29)16-12-18(15-9-4-3-5-10-15)32-20(16)26-23(27)31-14(2)19(28)25-22(24)30/h3-12,14H,1-2H3,(H3,24,25,28,30). The van der Waals surface area contributed by atoms with Gasteiger partial charge in [0.1, 0.15) is 4.83 Å². The number of hydrogen-bond donors (Lipinski definition) is 2. The van der Waals surface area contributed by atoms with Crippen molar-refractivity contribution in [3.63, 3.8) is 0 Å². The molecule has 162 valence electrons. The molecule has 0 spiro atoms. The van der Waals surface area contributed by atoms with Gasteiger partial charge in [0, 0.05) is 4.88 Å². The van der Waals surface area contributed by atoms with Crippen LogP contribution in [0.4, 0.5) is 4.79 Å². The lowest BCUT2D eigenvalue weighted by atomic mass is 10.2. The summed E-state index contributed by atoms with van der Waals surface area (Å²) < 4.78 is 1.53. The van der Waals surface area contributed by atoms with Gasteiger partial charge < -0.3 is 5.73 Å². The number of amides is 3. The van der Waals surface area contributed by atoms with Crippen LogP contribution in [-0.4, -0.2) is 26.7 Å². The Bertz CT molecular complexity index is 1380. The Balaban J connectivity index is 1.89. The monoisotopic (exact) mass is 464 g/mol. The Labute approximate surface area is 192 Å². The van der Waals surface area contributed by atoms with Crippen LogP contribution in [0.15, 0.2) is 70.6 Å². The van der Waals surface area contributed by atoms with E-state index >= 15 is 0 Å². The van der Waals surface area contributed by atoms with E-state index in [0.717, 1.165) is 27.8 Å². The van der Waals surface area contributed by atoms with E-state index in [1.165, 1.54) is 15.9 Å². The number of para-hydroxylation sites is 1. The third kappa shape index (κ3) is 4.30. The molecule has 0 aliphatic rings. The maximum absolute atomic E-state index is 13.6. The summed E-state index contributed by atoms with van der Waals surface area (Å²) in [7, 11) is 0. The topological polar surface area (TPSA) is 107 Å². The van der Waals surface area contributed by atoms with E-state index in [2.05, 4.69) is 5.32 Å². The van der Waals surface area contributed by atoms with Gasteiger partial charge in [-0.1, -0.05) is 60.3 Å². The summed E-state index contributed by atoms with van der Waals surface area (Å²) in [5.74, 6) is -0.552. The third-order valence-electron chi connectivity index (χ3n) is 4.85. The van der Waals surface area contributed by atoms with Crippen LogP contribution < -0.4 is 16.6 Å². The molecule has 0 bridgehead atoms. The second-order valence-electron chi connectivity index (χ2n) is 7.13. The Kier molecular flexibility index (Phi) is 6.11. The number of thioether (sulfide) groups is 1. The van der Waals surface area contributed by atoms with Crippen molar-refractivity contribution in [2.24, 2.45) is 5.73 Å². The van der Waals surface area contributed by atoms with E-state index in [9.17, 15) is 14.4 Å². The number of urea groups is 1. The Morgan fingerprint density at radius 2 is 1.81 bits per heavy atom. The lowest BCUT2D eigenvalue weighted by Crippen LogP contribution is -2.39. The quantitative estimate of drug-likeness (QED) is 0.342. The highest BCUT2D eigenvalue weighted by molar-refractivity contribution is 8.00. The van der Waals surface area contributed by atoms with Crippen molar-refractivity contribution in [2.45, 2.75) is 24.3 Å². The van der Waals surface area contributed by atoms with Crippen molar-refractivity contribution in [2.75, 3.05) is 0 Å². The molecule has 2 heterocycles. The summed E-state index contributed by atoms with van der Waals surface area (Å²) in [5.41, 5.74) is 7.44. The molecule has 9 heteroatoms. The molecule has 0 saturated carbocycles. The molecule has 0 fully saturated rings. The van der Waals surface area contributed by atoms with Gasteiger partial charge in [0.2, 0.25) is 5.91 Å². The molecule has 0 aliphatic carbocycles. The van der Waals surface area contributed by atoms with E-state index in [0.29, 0.717) is 21.1 Å². The smallest absolute Gasteiger partial charge is 0.318 e. The maximum Gasteiger partial charge on any atom is 0.318 e. The zero-order valence-corrected chi connectivity index (χ0v) is 19.0. The first-order chi connectivity index (χ1) is 15.3. The normalized spacial score (nSPS) is 11.9. The fourth-order valence-electron chi connectivity index (χ4n) is 3.25. The maximum atomic E-state index is 13.6. The minimum Gasteiger partial charge on any atom is -0.351 e. The molecule has 4 aromatic rings. The molecular formula is C23H20N4O3S2. The first kappa shape index (κ1) is 21.8. The minimum atomic E-state index is -0.923. The zero-order chi connectivity index (χ0) is 22.8. The number of hydrogen-bond acceptors (Lipinski definition) is 6. The molecule has 0 saturated heterocycles. The van der Waals surface area contributed by atoms with Crippen molar-refractivity contribution in [3.05, 3.63) is 76.6 Å². The molecule has 3 amide bonds. The van der Waals surface area contributed by atoms with Gasteiger partial charge in [0.05, 0.1) is 16.3 Å². The molecule has 32 heavy (non-hydrogen) atoms. The molecule has 1 unspecified atom stereocenters. The first-order valence-corrected chi connectivity index (χ1v) is 11.5. The number of nitrogens with one attached hydrogen (secondary N) is 1. The predicted octanol–water partition coefficient (Wildman–Crippen LogP) is 4.10. The number of imide groups is 1. The summed E-state index contributed by atoms with van der Waals surface area (Å²) >= 11 is 2.52. The van der Waals surface area contributed by atoms with Crippen LogP contribution in [0.25, 0.3) is 26.3 Å². The van der Waals surface area contributed by atoms with E-state index in [1.807, 2.05) is 67.6 Å². The van der Waals surface area contributed by atoms with Crippen molar-refractivity contribution < 1.29 is 9.59 Å². The SMILES string of the molecule is Cc1ccccc1-n1c(SC(C)C(=O)NC(N)=O)nc2sc(-c3ccccc3)cc2c1=O. The lowest BCUT2D eigenvalue weighted by molar-refractivity contribution is -0.119. The Hall–Kier alpha value is -3.43. The number of nitrogens with two attached hydrogens (primary N) is 1. The fraction of sp³-hybridized carbons (Fsp3) is 0.130. The molecule has 2 aromatic heterocycles. The largest absolute Gasteiger partial charge is 0.351 e. The molecule has 2 aromatic carbocycles. The average Bonchev–Trinajstić information content (AvgIpc) is 3.19. The van der Waals surface area contributed by atoms with Crippen LogP contribution >= 0.6 is 23.1 Å². The number of aryl methyl sites for hydroxylation is 1. The van der Waals surface area contributed by atoms with Gasteiger partial charge in [0.25, 0.3) is 5.56 Å². The Morgan fingerprint density at radius 3 is 2.50 bits per heavy atom. The summed E-state index contributed by atoms with van der Waals surface area (Å²) in [5, 5.41) is 2.25. The zero-order valence-electron chi connectivity index (χ0n) is 17.4. The average molecular weight is 465 g/mol. The molecular weight excluding hydrogens is 444 g/mol. The van der Waals surface area contributed by atoms with Crippen LogP contribution in [0.1, 0.15) is 12.5 Å². The van der Waals surface area contributed by atoms with E-state index in [-0.39, 0.29) is 5.56 Å². The number of carbonyl (C=O) groups excluding carboxylic acids is 2. The third-order valence-corrected chi connectivity index (χ3v) is 6.98. The highest BCUT2D eigenvalue weighted by Crippen LogP contribution is 2.33. The van der Waals surface area contributed by atoms with Gasteiger partial charge in [-0.3, -0.25) is 19.5 Å². The number of nitrogens with zero attached hydrogens (tertiary/aromatic N) is 2. The van der Waals surface area contributed by atoms with Crippen molar-refractivity contribution in [1.29, 1.82) is 0 Å². The van der Waals surface area contributed by atoms with E-state index in [4.69, 9.17) is 10.7 Å². The van der Waals surface area contributed by atoms with Crippen LogP contribution in [0.2, 0.25) is 0 Å². The first-order valence-electron chi connectivity index (χ1n) is 9.80. The Morgan fingerprint density at radius 1 is 1.12 bits per heavy atom. The molecule has 1 atom stereocenters. The van der Waals surface area contributed by atoms with E-state index in [1.54, 1.807) is 6.92 Å². The van der Waals surface area contributed by atoms with Gasteiger partial charge in [-0.25, -0.2) is 9.78 Å². The highest BCUT2D eigenvalue weighted by atomic mass is 32.2. The molecule has 3 N–H and O–H groups in total. The minimum absolute atomic E-state index is 0.215. The summed E-state index contributed by atoms with van der Waals surface area (Å²) in [6, 6.07) is 18.2. The number of thiophene rings is 1. The van der Waals surface area contributed by atoms with Gasteiger partial charge >= 0.3 is 6.03 Å². The van der Waals surface area contributed by atoms with Gasteiger partial charge in [0.15, 0.2) is 5.16 Å². The van der Waals surface area contributed by atoms with Gasteiger partial charge in [-0.2, -0.15) is 0 Å². The molecule has 0 aliphatic heterocycles. The summed E-state index contributed by atoms with van der Waals surface area (Å²) in [6.45, 7) is 3.54. The number of benzene rings is 2. The highest BCUT2D eigenvalue weighted by Gasteiger charge is 2.22. The van der Waals surface area contributed by atoms with E-state index < -0.39 is 17.2 Å². The number of carbonyl (C=O) groups is 2. The lowest BCUT2D eigenvalue weighted by Gasteiger charge is -2.16. The second-order valence-corrected chi connectivity index (χ2v) is 9.47. The number of aromatic nitrogens is 2. The van der Waals surface area contributed by atoms with Gasteiger partial charge in [-0.15, -0.1) is 11.3 Å². The van der Waals surface area contributed by atoms with Crippen molar-refractivity contribution in [1.82, 2.24) is 14.9 Å². The van der Waals surface area contributed by atoms with Crippen molar-refractivity contribution >= 4 is 45.3 Å². The number of primary amides is 1. The fourth-order valence-corrected chi connectivity index (χ4v) is 5.25. The van der Waals surface area contributed by atoms with Crippen LogP contribution in [0.5, 0.6) is 0 Å². The van der Waals surface area contributed by atoms with Gasteiger partial charge in [-0.05, 0) is 37.1 Å². The summed E-state index contributed by atoms with van der Waals surface area (Å²) in [6.07, 6.45) is 0. The van der Waals surface area contributed by atoms with Crippen LogP contribution in [-0.2, 0) is 4.79 Å². The molecule has 0 radical (unpaired) electrons. The predicted molar refractivity (Wildman–Crippen MR) is 128 cm³/mol. The van der Waals surface area contributed by atoms with Crippen LogP contribution in [0.3, 0.4) is 0 Å². The molecule has 4 rings (SSSR count). The molecule has 7 nitrogen and oxygen atoms in total. The summed E-state index contributed by atoms with van der Waals surface area (Å²) in [4.78, 5) is 43.2. The second kappa shape index (κ2) is 8.97. The van der Waals surface area contributed by atoms with Crippen LogP contribution in [0, 0.1) is 6.92 Å². The number of fused-ring (bicyclic) bond motifs is 1.